The van der Waals surface area contributed by atoms with Gasteiger partial charge in [-0.25, -0.2) is 115 Å². The Balaban J connectivity index is 0.000000109. The minimum absolute atomic E-state index is 0. The summed E-state index contributed by atoms with van der Waals surface area (Å²) in [7, 11) is -14.6. The van der Waals surface area contributed by atoms with Crippen molar-refractivity contribution in [3.05, 3.63) is 273 Å². The van der Waals surface area contributed by atoms with E-state index in [2.05, 4.69) is 29.9 Å². The van der Waals surface area contributed by atoms with E-state index in [0.717, 1.165) is 82.4 Å². The first kappa shape index (κ1) is 79.4. The number of H-pyrrole nitrogens is 6. The Labute approximate surface area is 757 Å². The van der Waals surface area contributed by atoms with Gasteiger partial charge < -0.3 is 43.6 Å². The Hall–Kier alpha value is -17.0. The Kier molecular flexibility index (Phi) is 17.9. The molecule has 0 fully saturated rings. The predicted octanol–water partition coefficient (Wildman–Crippen LogP) is 16.9. The van der Waals surface area contributed by atoms with Gasteiger partial charge in [0.1, 0.15) is 98.1 Å². The molecule has 9 aromatic heterocycles. The van der Waals surface area contributed by atoms with Gasteiger partial charge in [-0.05, 0) is 18.2 Å². The largest absolute Gasteiger partial charge is 3.00 e. The maximum absolute atomic E-state index is 12.4. The van der Waals surface area contributed by atoms with Gasteiger partial charge in [0.25, 0.3) is 0 Å². The van der Waals surface area contributed by atoms with E-state index in [1.165, 1.54) is 36.4 Å². The Morgan fingerprint density at radius 3 is 0.444 bits per heavy atom. The van der Waals surface area contributed by atoms with Crippen molar-refractivity contribution in [1.29, 1.82) is 0 Å². The van der Waals surface area contributed by atoms with Crippen LogP contribution in [0, 0.1) is 0 Å². The van der Waals surface area contributed by atoms with Gasteiger partial charge in [-0.1, -0.05) is 255 Å². The molecule has 6 aliphatic rings. The summed E-state index contributed by atoms with van der Waals surface area (Å²) in [5.74, 6) is 4.64. The Bertz CT molecular complexity index is 8860. The van der Waals surface area contributed by atoms with Crippen LogP contribution in [0.2, 0.25) is 0 Å². The summed E-state index contributed by atoms with van der Waals surface area (Å²) in [5, 5.41) is 6.73. The molecular weight excluding hydrogens is 1760 g/mol. The number of fused-ring (bicyclic) bond motifs is 60. The summed E-state index contributed by atoms with van der Waals surface area (Å²) in [5.41, 5.74) is 13.6. The molecule has 6 N–H and O–H groups in total. The van der Waals surface area contributed by atoms with E-state index < -0.39 is 45.0 Å². The number of aromatic nitrogens is 24. The zero-order valence-corrected chi connectivity index (χ0v) is 71.6. The average molecular weight is 1810 g/mol. The SMILES string of the molecule is O=S(=O)([O-])c1cccc2c3nc4nc(nc5[nH]c(nc6nc(nc([nH]3)c12)-c1ccccc1-6)c1ccccc51)-c1ccccc1-4.O=S(=O)([O-])c1cccc2c3nc4nc(nc5[nH]c(nc6nc(nc([nH]3)c12)-c1ccccc1-6)c1ccccc51)-c1ccccc1-4.O=S(=O)([O-])c1cccc2c3nc4nc(nc5[nH]c(nc6nc(nc([nH]3)c12)-c1ccccc1-6)c1ccccc51)-c1ccccc1-4.[Al+3]. The quantitative estimate of drug-likeness (QED) is 0.0706. The summed E-state index contributed by atoms with van der Waals surface area (Å²) in [6, 6.07) is 82.1. The normalized spacial score (nSPS) is 12.3. The fourth-order valence-electron chi connectivity index (χ4n) is 17.6. The van der Waals surface area contributed by atoms with Crippen LogP contribution in [0.25, 0.3) is 269 Å². The molecule has 0 unspecified atom stereocenters. The summed E-state index contributed by atoms with van der Waals surface area (Å²) >= 11 is 0. The van der Waals surface area contributed by atoms with Crippen molar-refractivity contribution in [3.63, 3.8) is 0 Å². The molecule has 0 aliphatic carbocycles. The van der Waals surface area contributed by atoms with Crippen LogP contribution < -0.4 is 0 Å². The van der Waals surface area contributed by atoms with E-state index in [0.29, 0.717) is 154 Å². The molecule has 0 saturated heterocycles. The molecule has 6 aliphatic heterocycles. The molecule has 27 rings (SSSR count). The number of rotatable bonds is 3. The van der Waals surface area contributed by atoms with Crippen LogP contribution >= 0.6 is 0 Å². The molecule has 630 valence electrons. The second-order valence-electron chi connectivity index (χ2n) is 31.1. The molecule has 24 bridgehead atoms. The molecule has 0 amide bonds. The average Bonchev–Trinajstić information content (AvgIpc) is 1.60. The fourth-order valence-corrected chi connectivity index (χ4v) is 19.7. The third-order valence-electron chi connectivity index (χ3n) is 23.4. The molecule has 0 radical (unpaired) electrons. The molecule has 21 aromatic rings. The van der Waals surface area contributed by atoms with Crippen LogP contribution in [0.15, 0.2) is 288 Å². The first-order chi connectivity index (χ1) is 64.3. The van der Waals surface area contributed by atoms with Gasteiger partial charge in [-0.15, -0.1) is 0 Å². The van der Waals surface area contributed by atoms with Crippen molar-refractivity contribution >= 4 is 180 Å². The number of aromatic amines is 6. The van der Waals surface area contributed by atoms with Crippen LogP contribution in [0.4, 0.5) is 0 Å². The molecule has 33 nitrogen and oxygen atoms in total. The van der Waals surface area contributed by atoms with Crippen molar-refractivity contribution in [2.24, 2.45) is 0 Å². The van der Waals surface area contributed by atoms with E-state index in [1.54, 1.807) is 18.2 Å². The van der Waals surface area contributed by atoms with Crippen molar-refractivity contribution in [3.8, 4) is 137 Å². The molecular formula is C96H51AlN24O9S3. The van der Waals surface area contributed by atoms with Gasteiger partial charge in [0, 0.05) is 131 Å². The van der Waals surface area contributed by atoms with Gasteiger partial charge in [-0.3, -0.25) is 0 Å². The first-order valence-corrected chi connectivity index (χ1v) is 45.1. The Morgan fingerprint density at radius 2 is 0.286 bits per heavy atom. The summed E-state index contributed by atoms with van der Waals surface area (Å²) < 4.78 is 112. The zero-order valence-electron chi connectivity index (χ0n) is 68.0. The third kappa shape index (κ3) is 13.2. The molecule has 133 heavy (non-hydrogen) atoms. The van der Waals surface area contributed by atoms with Crippen LogP contribution in [-0.2, 0) is 30.4 Å². The molecule has 12 aromatic carbocycles. The number of nitrogens with zero attached hydrogens (tertiary/aromatic N) is 18. The van der Waals surface area contributed by atoms with Gasteiger partial charge >= 0.3 is 17.4 Å². The molecule has 0 saturated carbocycles. The number of hydrogen-bond acceptors (Lipinski definition) is 27. The first-order valence-electron chi connectivity index (χ1n) is 40.8. The number of hydrogen-bond donors (Lipinski definition) is 6. The van der Waals surface area contributed by atoms with Crippen molar-refractivity contribution in [2.75, 3.05) is 0 Å². The molecule has 0 atom stereocenters. The van der Waals surface area contributed by atoms with E-state index >= 15 is 0 Å². The fraction of sp³-hybridized carbons (Fsp3) is 0. The van der Waals surface area contributed by atoms with Gasteiger partial charge in [-0.2, -0.15) is 0 Å². The standard InChI is InChI=1S/3C32H18N8O3S.Al/c3*41-44(42,43)23-15-7-14-22-24(23)32-39-30-21-13-6-5-12-20(21)28(37-30)35-26-17-9-2-1-8-16(17)25(33-26)34-27-18-10-3-4-11-19(18)29(36-27)38-31(22)40-32;/h3*1-15H,(H,41,42,43)(H2,33,34,35,36,37,38,39,40);/q;;;+3/p-3. The van der Waals surface area contributed by atoms with Gasteiger partial charge in [0.05, 0.1) is 14.7 Å². The summed E-state index contributed by atoms with van der Waals surface area (Å²) in [6.07, 6.45) is 0. The minimum Gasteiger partial charge on any atom is -0.744 e. The maximum atomic E-state index is 12.4. The van der Waals surface area contributed by atoms with Crippen molar-refractivity contribution in [1.82, 2.24) is 120 Å². The van der Waals surface area contributed by atoms with E-state index in [1.807, 2.05) is 218 Å². The monoisotopic (exact) mass is 1810 g/mol. The van der Waals surface area contributed by atoms with Gasteiger partial charge in [0.2, 0.25) is 0 Å². The Morgan fingerprint density at radius 1 is 0.158 bits per heavy atom. The predicted molar refractivity (Wildman–Crippen MR) is 498 cm³/mol. The van der Waals surface area contributed by atoms with Gasteiger partial charge in [0.15, 0.2) is 69.9 Å². The number of benzene rings is 12. The smallest absolute Gasteiger partial charge is 0.744 e. The van der Waals surface area contributed by atoms with Crippen LogP contribution in [0.5, 0.6) is 0 Å². The van der Waals surface area contributed by atoms with E-state index in [9.17, 15) is 38.9 Å². The second-order valence-corrected chi connectivity index (χ2v) is 35.2. The van der Waals surface area contributed by atoms with Crippen LogP contribution in [-0.4, -0.2) is 176 Å². The maximum Gasteiger partial charge on any atom is 3.00 e. The minimum atomic E-state index is -4.87. The zero-order chi connectivity index (χ0) is 88.7. The van der Waals surface area contributed by atoms with Crippen molar-refractivity contribution < 1.29 is 38.9 Å². The van der Waals surface area contributed by atoms with E-state index in [-0.39, 0.29) is 50.5 Å². The van der Waals surface area contributed by atoms with Crippen LogP contribution in [0.3, 0.4) is 0 Å². The topological polar surface area (TPSA) is 498 Å². The number of nitrogens with one attached hydrogen (secondary N) is 6. The molecule has 15 heterocycles. The van der Waals surface area contributed by atoms with Crippen molar-refractivity contribution in [2.45, 2.75) is 14.7 Å². The molecule has 0 spiro atoms. The van der Waals surface area contributed by atoms with E-state index in [4.69, 9.17) is 89.7 Å². The molecule has 37 heteroatoms. The van der Waals surface area contributed by atoms with Crippen LogP contribution in [0.1, 0.15) is 0 Å². The second kappa shape index (κ2) is 30.0. The summed E-state index contributed by atoms with van der Waals surface area (Å²) in [4.78, 5) is 106. The summed E-state index contributed by atoms with van der Waals surface area (Å²) in [6.45, 7) is 0. The third-order valence-corrected chi connectivity index (χ3v) is 26.1.